The third kappa shape index (κ3) is 5.98. The summed E-state index contributed by atoms with van der Waals surface area (Å²) in [4.78, 5) is 0. The summed E-state index contributed by atoms with van der Waals surface area (Å²) in [6.07, 6.45) is -3.88. The lowest BCUT2D eigenvalue weighted by Gasteiger charge is -2.61. The van der Waals surface area contributed by atoms with Crippen molar-refractivity contribution < 1.29 is 64.2 Å². The van der Waals surface area contributed by atoms with Crippen LogP contribution in [0, 0.1) is 52.3 Å². The molecule has 22 atom stereocenters. The van der Waals surface area contributed by atoms with Crippen molar-refractivity contribution in [3.05, 3.63) is 0 Å². The highest BCUT2D eigenvalue weighted by molar-refractivity contribution is 5.15. The van der Waals surface area contributed by atoms with Crippen LogP contribution in [0.15, 0.2) is 0 Å². The zero-order valence-electron chi connectivity index (χ0n) is 31.2. The predicted molar refractivity (Wildman–Crippen MR) is 183 cm³/mol. The van der Waals surface area contributed by atoms with Gasteiger partial charge >= 0.3 is 0 Å². The van der Waals surface area contributed by atoms with Crippen LogP contribution in [-0.4, -0.2) is 135 Å². The van der Waals surface area contributed by atoms with Crippen molar-refractivity contribution in [3.63, 3.8) is 0 Å². The normalized spacial score (nSPS) is 59.0. The van der Waals surface area contributed by atoms with Crippen molar-refractivity contribution in [2.45, 2.75) is 171 Å². The van der Waals surface area contributed by atoms with E-state index >= 15 is 0 Å². The van der Waals surface area contributed by atoms with Crippen molar-refractivity contribution >= 4 is 0 Å². The highest BCUT2D eigenvalue weighted by atomic mass is 16.8. The minimum Gasteiger partial charge on any atom is -0.394 e. The van der Waals surface area contributed by atoms with E-state index in [1.807, 2.05) is 0 Å². The maximum Gasteiger partial charge on any atom is 0.187 e. The van der Waals surface area contributed by atoms with Crippen LogP contribution in [0.4, 0.5) is 0 Å². The molecule has 13 nitrogen and oxygen atoms in total. The number of rotatable bonds is 6. The molecule has 8 aliphatic rings. The van der Waals surface area contributed by atoms with Gasteiger partial charge in [-0.1, -0.05) is 27.7 Å². The number of aliphatic hydroxyl groups is 7. The molecule has 7 unspecified atom stereocenters. The second-order valence-corrected chi connectivity index (χ2v) is 18.7. The minimum atomic E-state index is -1.71. The van der Waals surface area contributed by atoms with Gasteiger partial charge in [-0.05, 0) is 104 Å². The van der Waals surface area contributed by atoms with E-state index in [0.29, 0.717) is 41.4 Å². The van der Waals surface area contributed by atoms with Gasteiger partial charge in [0.2, 0.25) is 0 Å². The highest BCUT2D eigenvalue weighted by Gasteiger charge is 2.69. The Bertz CT molecular complexity index is 1260. The molecule has 0 aromatic rings. The summed E-state index contributed by atoms with van der Waals surface area (Å²) < 4.78 is 37.5. The molecular formula is C39H64O13. The summed E-state index contributed by atoms with van der Waals surface area (Å²) in [5.74, 6) is 3.51. The van der Waals surface area contributed by atoms with Gasteiger partial charge in [0.15, 0.2) is 18.4 Å². The fourth-order valence-corrected chi connectivity index (χ4v) is 13.2. The second-order valence-electron chi connectivity index (χ2n) is 18.7. The molecule has 8 rings (SSSR count). The fourth-order valence-electron chi connectivity index (χ4n) is 13.2. The molecule has 13 heteroatoms. The maximum atomic E-state index is 11.1. The molecule has 4 aliphatic heterocycles. The molecule has 0 bridgehead atoms. The molecule has 4 saturated heterocycles. The molecule has 4 aliphatic carbocycles. The summed E-state index contributed by atoms with van der Waals surface area (Å²) >= 11 is 0. The fraction of sp³-hybridized carbons (Fsp3) is 1.00. The Balaban J connectivity index is 0.942. The number of ether oxygens (including phenoxy) is 6. The number of hydrogen-bond donors (Lipinski definition) is 7. The molecule has 0 radical (unpaired) electrons. The monoisotopic (exact) mass is 740 g/mol. The van der Waals surface area contributed by atoms with E-state index in [4.69, 9.17) is 28.4 Å². The summed E-state index contributed by atoms with van der Waals surface area (Å²) in [5, 5.41) is 72.7. The van der Waals surface area contributed by atoms with Gasteiger partial charge < -0.3 is 64.2 Å². The van der Waals surface area contributed by atoms with Gasteiger partial charge in [-0.15, -0.1) is 0 Å². The first-order valence-electron chi connectivity index (χ1n) is 20.3. The lowest BCUT2D eigenvalue weighted by molar-refractivity contribution is -0.373. The van der Waals surface area contributed by atoms with Crippen LogP contribution in [-0.2, 0) is 28.4 Å². The first-order chi connectivity index (χ1) is 24.7. The molecular weight excluding hydrogens is 676 g/mol. The smallest absolute Gasteiger partial charge is 0.187 e. The highest BCUT2D eigenvalue weighted by Crippen LogP contribution is 2.71. The van der Waals surface area contributed by atoms with Crippen LogP contribution in [0.2, 0.25) is 0 Å². The summed E-state index contributed by atoms with van der Waals surface area (Å²) in [7, 11) is 0. The lowest BCUT2D eigenvalue weighted by Crippen LogP contribution is -2.65. The van der Waals surface area contributed by atoms with Crippen LogP contribution in [0.3, 0.4) is 0 Å². The molecule has 0 aromatic carbocycles. The predicted octanol–water partition coefficient (Wildman–Crippen LogP) is 1.44. The molecule has 0 aromatic heterocycles. The Morgan fingerprint density at radius 3 is 2.06 bits per heavy atom. The number of fused-ring (bicyclic) bond motifs is 7. The van der Waals surface area contributed by atoms with Crippen LogP contribution < -0.4 is 0 Å². The Morgan fingerprint density at radius 2 is 1.37 bits per heavy atom. The summed E-state index contributed by atoms with van der Waals surface area (Å²) in [6.45, 7) is 9.33. The molecule has 8 fully saturated rings. The van der Waals surface area contributed by atoms with Crippen molar-refractivity contribution in [2.75, 3.05) is 19.8 Å². The quantitative estimate of drug-likeness (QED) is 0.194. The van der Waals surface area contributed by atoms with Gasteiger partial charge in [0.05, 0.1) is 32.0 Å². The van der Waals surface area contributed by atoms with E-state index in [1.165, 1.54) is 25.7 Å². The SMILES string of the molecule is CC1C2C(CC3C4CC[C@@H]5CC(O[C@@H]6O[C@H](CO)[C@H](O)[C@H](O)[C@H]6O[C@@H]6O[C@H](CO)[C@@H](O)[C@H](O)[C@H]6O)CC[C@]5(C)C4CC[C@@]32C)O[C@]12CC[C@H](C)CO2. The van der Waals surface area contributed by atoms with Crippen LogP contribution in [0.1, 0.15) is 91.9 Å². The summed E-state index contributed by atoms with van der Waals surface area (Å²) in [6, 6.07) is 0. The van der Waals surface area contributed by atoms with Crippen molar-refractivity contribution in [2.24, 2.45) is 52.3 Å². The van der Waals surface area contributed by atoms with Gasteiger partial charge in [-0.2, -0.15) is 0 Å². The Labute approximate surface area is 307 Å². The van der Waals surface area contributed by atoms with Gasteiger partial charge in [0.1, 0.15) is 48.8 Å². The molecule has 4 saturated carbocycles. The van der Waals surface area contributed by atoms with Crippen molar-refractivity contribution in [1.29, 1.82) is 0 Å². The third-order valence-corrected chi connectivity index (χ3v) is 16.2. The molecule has 0 amide bonds. The number of hydrogen-bond acceptors (Lipinski definition) is 13. The lowest BCUT2D eigenvalue weighted by atomic mass is 9.44. The molecule has 298 valence electrons. The van der Waals surface area contributed by atoms with Crippen molar-refractivity contribution in [3.8, 4) is 0 Å². The van der Waals surface area contributed by atoms with Gasteiger partial charge in [-0.25, -0.2) is 0 Å². The molecule has 52 heavy (non-hydrogen) atoms. The van der Waals surface area contributed by atoms with Crippen molar-refractivity contribution in [1.82, 2.24) is 0 Å². The Morgan fingerprint density at radius 1 is 0.673 bits per heavy atom. The third-order valence-electron chi connectivity index (χ3n) is 16.2. The van der Waals surface area contributed by atoms with E-state index in [-0.39, 0.29) is 23.0 Å². The summed E-state index contributed by atoms with van der Waals surface area (Å²) in [5.41, 5.74) is 0.425. The van der Waals surface area contributed by atoms with Crippen LogP contribution >= 0.6 is 0 Å². The first-order valence-corrected chi connectivity index (χ1v) is 20.3. The average Bonchev–Trinajstić information content (AvgIpc) is 3.58. The van der Waals surface area contributed by atoms with E-state index in [0.717, 1.165) is 45.1 Å². The maximum absolute atomic E-state index is 11.1. The van der Waals surface area contributed by atoms with Crippen LogP contribution in [0.25, 0.3) is 0 Å². The van der Waals surface area contributed by atoms with E-state index in [9.17, 15) is 35.7 Å². The average molecular weight is 741 g/mol. The first kappa shape index (κ1) is 38.4. The van der Waals surface area contributed by atoms with Gasteiger partial charge in [0, 0.05) is 12.3 Å². The molecule has 1 spiro atoms. The van der Waals surface area contributed by atoms with Gasteiger partial charge in [-0.3, -0.25) is 0 Å². The topological polar surface area (TPSA) is 197 Å². The number of aliphatic hydroxyl groups excluding tert-OH is 7. The standard InChI is InChI=1S/C39H64O13/c1-18-7-12-39(47-17-18)19(2)28-25(52-39)14-24-22-6-5-20-13-21(8-10-37(20,3)23(22)9-11-38(24,28)4)48-36-34(32(45)30(43)27(16-41)50-36)51-35-33(46)31(44)29(42)26(15-40)49-35/h18-36,40-46H,5-17H2,1-4H3/t18-,19?,20+,21?,22?,23?,24?,25?,26+,27+,28?,29+,30-,31-,32-,33+,34+,35-,36+,37-,38-,39+/m0/s1. The van der Waals surface area contributed by atoms with E-state index < -0.39 is 80.4 Å². The minimum absolute atomic E-state index is 0.168. The Hall–Kier alpha value is -0.520. The van der Waals surface area contributed by atoms with Crippen LogP contribution in [0.5, 0.6) is 0 Å². The van der Waals surface area contributed by atoms with Gasteiger partial charge in [0.25, 0.3) is 0 Å². The zero-order valence-corrected chi connectivity index (χ0v) is 31.2. The zero-order chi connectivity index (χ0) is 36.9. The van der Waals surface area contributed by atoms with E-state index in [1.54, 1.807) is 0 Å². The largest absolute Gasteiger partial charge is 0.394 e. The Kier molecular flexibility index (Phi) is 10.4. The van der Waals surface area contributed by atoms with E-state index in [2.05, 4.69) is 27.7 Å². The second kappa shape index (κ2) is 14.1. The molecule has 4 heterocycles. The molecule has 7 N–H and O–H groups in total.